The molecule has 1 aromatic carbocycles. The Balaban J connectivity index is 2.49. The lowest BCUT2D eigenvalue weighted by atomic mass is 10.1. The number of phenols is 2. The van der Waals surface area contributed by atoms with E-state index in [1.54, 1.807) is 19.1 Å². The van der Waals surface area contributed by atoms with Crippen molar-refractivity contribution in [2.45, 2.75) is 32.9 Å². The predicted octanol–water partition coefficient (Wildman–Crippen LogP) is 1.10. The second kappa shape index (κ2) is 6.86. The topological polar surface area (TPSA) is 81.6 Å². The van der Waals surface area contributed by atoms with Gasteiger partial charge in [0.05, 0.1) is 6.04 Å². The van der Waals surface area contributed by atoms with Crippen LogP contribution in [0.2, 0.25) is 0 Å². The van der Waals surface area contributed by atoms with Crippen LogP contribution in [0.5, 0.6) is 11.5 Å². The zero-order valence-corrected chi connectivity index (χ0v) is 10.7. The summed E-state index contributed by atoms with van der Waals surface area (Å²) in [5, 5.41) is 24.7. The Labute approximate surface area is 107 Å². The third-order valence-electron chi connectivity index (χ3n) is 2.64. The molecule has 100 valence electrons. The quantitative estimate of drug-likeness (QED) is 0.571. The molecule has 0 saturated carbocycles. The Kier molecular flexibility index (Phi) is 5.45. The highest BCUT2D eigenvalue weighted by Crippen LogP contribution is 2.27. The maximum absolute atomic E-state index is 11.6. The normalized spacial score (nSPS) is 12.1. The van der Waals surface area contributed by atoms with Crippen molar-refractivity contribution in [1.29, 1.82) is 0 Å². The molecule has 0 aliphatic carbocycles. The van der Waals surface area contributed by atoms with Gasteiger partial charge in [-0.15, -0.1) is 0 Å². The first kappa shape index (κ1) is 14.3. The van der Waals surface area contributed by atoms with E-state index in [1.807, 2.05) is 6.92 Å². The highest BCUT2D eigenvalue weighted by molar-refractivity contribution is 5.81. The van der Waals surface area contributed by atoms with E-state index in [0.29, 0.717) is 18.7 Å². The summed E-state index contributed by atoms with van der Waals surface area (Å²) in [6.45, 7) is 4.72. The highest BCUT2D eigenvalue weighted by atomic mass is 16.3. The number of hydrogen-bond donors (Lipinski definition) is 4. The van der Waals surface area contributed by atoms with E-state index in [4.69, 9.17) is 0 Å². The van der Waals surface area contributed by atoms with Gasteiger partial charge in [-0.3, -0.25) is 4.79 Å². The number of aromatic hydroxyl groups is 2. The van der Waals surface area contributed by atoms with Gasteiger partial charge in [0.15, 0.2) is 11.5 Å². The summed E-state index contributed by atoms with van der Waals surface area (Å²) >= 11 is 0. The molecule has 0 fully saturated rings. The molecule has 1 atom stereocenters. The maximum atomic E-state index is 11.6. The number of phenolic OH excluding ortho intramolecular Hbond substituents is 2. The number of benzene rings is 1. The van der Waals surface area contributed by atoms with Crippen LogP contribution in [0.15, 0.2) is 18.2 Å². The number of nitrogens with one attached hydrogen (secondary N) is 2. The van der Waals surface area contributed by atoms with E-state index in [0.717, 1.165) is 6.42 Å². The van der Waals surface area contributed by atoms with Gasteiger partial charge in [-0.05, 0) is 19.4 Å². The summed E-state index contributed by atoms with van der Waals surface area (Å²) in [5.41, 5.74) is 0.560. The summed E-state index contributed by atoms with van der Waals surface area (Å²) in [6, 6.07) is 4.40. The Morgan fingerprint density at radius 2 is 2.11 bits per heavy atom. The van der Waals surface area contributed by atoms with Crippen LogP contribution >= 0.6 is 0 Å². The van der Waals surface area contributed by atoms with E-state index in [-0.39, 0.29) is 23.4 Å². The molecule has 1 rings (SSSR count). The molecular formula is C13H20N2O3. The third kappa shape index (κ3) is 3.92. The molecule has 0 heterocycles. The van der Waals surface area contributed by atoms with Crippen LogP contribution in [0.3, 0.4) is 0 Å². The van der Waals surface area contributed by atoms with Crippen LogP contribution in [0.1, 0.15) is 25.8 Å². The van der Waals surface area contributed by atoms with Crippen LogP contribution < -0.4 is 10.6 Å². The zero-order chi connectivity index (χ0) is 13.5. The van der Waals surface area contributed by atoms with Crippen molar-refractivity contribution in [3.8, 4) is 11.5 Å². The Morgan fingerprint density at radius 3 is 2.78 bits per heavy atom. The zero-order valence-electron chi connectivity index (χ0n) is 10.7. The van der Waals surface area contributed by atoms with Gasteiger partial charge in [0.25, 0.3) is 0 Å². The predicted molar refractivity (Wildman–Crippen MR) is 69.4 cm³/mol. The van der Waals surface area contributed by atoms with E-state index in [2.05, 4.69) is 10.6 Å². The molecule has 5 nitrogen and oxygen atoms in total. The first-order valence-corrected chi connectivity index (χ1v) is 6.07. The number of para-hydroxylation sites is 1. The van der Waals surface area contributed by atoms with Crippen LogP contribution in [0.4, 0.5) is 0 Å². The number of amides is 1. The van der Waals surface area contributed by atoms with E-state index in [1.165, 1.54) is 6.07 Å². The summed E-state index contributed by atoms with van der Waals surface area (Å²) < 4.78 is 0. The molecule has 4 N–H and O–H groups in total. The minimum Gasteiger partial charge on any atom is -0.504 e. The molecule has 5 heteroatoms. The third-order valence-corrected chi connectivity index (χ3v) is 2.64. The summed E-state index contributed by atoms with van der Waals surface area (Å²) in [5.74, 6) is -0.375. The fourth-order valence-electron chi connectivity index (χ4n) is 1.48. The first-order chi connectivity index (χ1) is 8.56. The lowest BCUT2D eigenvalue weighted by Gasteiger charge is -2.14. The summed E-state index contributed by atoms with van der Waals surface area (Å²) in [4.78, 5) is 11.6. The van der Waals surface area contributed by atoms with Crippen molar-refractivity contribution in [2.75, 3.05) is 6.54 Å². The van der Waals surface area contributed by atoms with E-state index in [9.17, 15) is 15.0 Å². The summed E-state index contributed by atoms with van der Waals surface area (Å²) in [6.07, 6.45) is 0.895. The van der Waals surface area contributed by atoms with Gasteiger partial charge in [-0.1, -0.05) is 19.1 Å². The SMILES string of the molecule is CCCNC(=O)C(C)NCc1cccc(O)c1O. The van der Waals surface area contributed by atoms with Gasteiger partial charge in [-0.2, -0.15) is 0 Å². The Morgan fingerprint density at radius 1 is 1.39 bits per heavy atom. The van der Waals surface area contributed by atoms with Gasteiger partial charge in [0.1, 0.15) is 0 Å². The molecule has 0 aromatic heterocycles. The minimum atomic E-state index is -0.349. The minimum absolute atomic E-state index is 0.0727. The van der Waals surface area contributed by atoms with Crippen molar-refractivity contribution < 1.29 is 15.0 Å². The van der Waals surface area contributed by atoms with E-state index < -0.39 is 0 Å². The molecule has 1 amide bonds. The number of carbonyl (C=O) groups is 1. The average molecular weight is 252 g/mol. The van der Waals surface area contributed by atoms with E-state index >= 15 is 0 Å². The molecule has 0 aliphatic heterocycles. The monoisotopic (exact) mass is 252 g/mol. The van der Waals surface area contributed by atoms with Gasteiger partial charge in [-0.25, -0.2) is 0 Å². The van der Waals surface area contributed by atoms with Crippen molar-refractivity contribution in [1.82, 2.24) is 10.6 Å². The van der Waals surface area contributed by atoms with Crippen molar-refractivity contribution in [3.05, 3.63) is 23.8 Å². The molecule has 1 aromatic rings. The molecule has 0 spiro atoms. The van der Waals surface area contributed by atoms with Gasteiger partial charge in [0.2, 0.25) is 5.91 Å². The van der Waals surface area contributed by atoms with Crippen LogP contribution in [-0.2, 0) is 11.3 Å². The second-order valence-electron chi connectivity index (χ2n) is 4.18. The molecule has 0 bridgehead atoms. The number of rotatable bonds is 6. The average Bonchev–Trinajstić information content (AvgIpc) is 2.37. The van der Waals surface area contributed by atoms with Gasteiger partial charge < -0.3 is 20.8 Å². The van der Waals surface area contributed by atoms with Crippen LogP contribution in [-0.4, -0.2) is 28.7 Å². The highest BCUT2D eigenvalue weighted by Gasteiger charge is 2.12. The van der Waals surface area contributed by atoms with Crippen LogP contribution in [0, 0.1) is 0 Å². The first-order valence-electron chi connectivity index (χ1n) is 6.07. The number of hydrogen-bond acceptors (Lipinski definition) is 4. The molecule has 0 saturated heterocycles. The summed E-state index contributed by atoms with van der Waals surface area (Å²) in [7, 11) is 0. The second-order valence-corrected chi connectivity index (χ2v) is 4.18. The Bertz CT molecular complexity index is 407. The lowest BCUT2D eigenvalue weighted by molar-refractivity contribution is -0.122. The smallest absolute Gasteiger partial charge is 0.236 e. The standard InChI is InChI=1S/C13H20N2O3/c1-3-7-14-13(18)9(2)15-8-10-5-4-6-11(16)12(10)17/h4-6,9,15-17H,3,7-8H2,1-2H3,(H,14,18). The van der Waals surface area contributed by atoms with Crippen molar-refractivity contribution >= 4 is 5.91 Å². The van der Waals surface area contributed by atoms with Gasteiger partial charge in [0, 0.05) is 18.7 Å². The molecule has 0 radical (unpaired) electrons. The van der Waals surface area contributed by atoms with Crippen LogP contribution in [0.25, 0.3) is 0 Å². The largest absolute Gasteiger partial charge is 0.504 e. The molecule has 18 heavy (non-hydrogen) atoms. The van der Waals surface area contributed by atoms with Crippen molar-refractivity contribution in [3.63, 3.8) is 0 Å². The maximum Gasteiger partial charge on any atom is 0.236 e. The number of carbonyl (C=O) groups excluding carboxylic acids is 1. The molecule has 0 aliphatic rings. The molecule has 1 unspecified atom stereocenters. The fourth-order valence-corrected chi connectivity index (χ4v) is 1.48. The Hall–Kier alpha value is -1.75. The lowest BCUT2D eigenvalue weighted by Crippen LogP contribution is -2.42. The molecular weight excluding hydrogens is 232 g/mol. The fraction of sp³-hybridized carbons (Fsp3) is 0.462. The van der Waals surface area contributed by atoms with Gasteiger partial charge >= 0.3 is 0 Å². The van der Waals surface area contributed by atoms with Crippen molar-refractivity contribution in [2.24, 2.45) is 0 Å².